The van der Waals surface area contributed by atoms with Crippen molar-refractivity contribution in [2.75, 3.05) is 0 Å². The van der Waals surface area contributed by atoms with Crippen molar-refractivity contribution in [1.29, 1.82) is 0 Å². The van der Waals surface area contributed by atoms with Gasteiger partial charge >= 0.3 is 6.18 Å². The molecule has 9 heteroatoms. The van der Waals surface area contributed by atoms with E-state index < -0.39 is 31.6 Å². The highest BCUT2D eigenvalue weighted by Crippen LogP contribution is 2.34. The molecule has 3 nitrogen and oxygen atoms in total. The largest absolute Gasteiger partial charge is 0.417 e. The Balaban J connectivity index is 2.54. The van der Waals surface area contributed by atoms with E-state index in [0.717, 1.165) is 11.3 Å². The predicted molar refractivity (Wildman–Crippen MR) is 64.0 cm³/mol. The van der Waals surface area contributed by atoms with Crippen molar-refractivity contribution in [3.8, 4) is 0 Å². The molecule has 0 saturated heterocycles. The van der Waals surface area contributed by atoms with Crippen LogP contribution in [0.25, 0.3) is 0 Å². The van der Waals surface area contributed by atoms with Gasteiger partial charge < -0.3 is 0 Å². The second-order valence-corrected chi connectivity index (χ2v) is 6.89. The van der Waals surface area contributed by atoms with Gasteiger partial charge in [0.05, 0.1) is 10.6 Å². The van der Waals surface area contributed by atoms with Gasteiger partial charge in [0, 0.05) is 6.20 Å². The van der Waals surface area contributed by atoms with E-state index >= 15 is 0 Å². The number of hydrogen-bond acceptors (Lipinski definition) is 4. The number of aromatic nitrogens is 1. The molecule has 0 N–H and O–H groups in total. The number of halogens is 4. The van der Waals surface area contributed by atoms with Crippen LogP contribution >= 0.6 is 22.9 Å². The van der Waals surface area contributed by atoms with E-state index in [9.17, 15) is 21.6 Å². The minimum absolute atomic E-state index is 0.0262. The van der Waals surface area contributed by atoms with Crippen LogP contribution in [0.4, 0.5) is 13.2 Å². The Labute approximate surface area is 115 Å². The number of rotatable bonds is 2. The number of nitrogens with zero attached hydrogens (tertiary/aromatic N) is 1. The molecule has 0 saturated carbocycles. The van der Waals surface area contributed by atoms with Crippen molar-refractivity contribution in [3.63, 3.8) is 0 Å². The van der Waals surface area contributed by atoms with E-state index in [0.29, 0.717) is 12.3 Å². The Hall–Kier alpha value is -1.12. The Bertz CT molecular complexity index is 696. The summed E-state index contributed by atoms with van der Waals surface area (Å²) >= 11 is 6.53. The predicted octanol–water partition coefficient (Wildman–Crippen LogP) is 3.65. The van der Waals surface area contributed by atoms with E-state index in [1.165, 1.54) is 17.5 Å². The van der Waals surface area contributed by atoms with Crippen LogP contribution in [0.15, 0.2) is 39.0 Å². The molecule has 19 heavy (non-hydrogen) atoms. The van der Waals surface area contributed by atoms with Gasteiger partial charge in [0.15, 0.2) is 5.03 Å². The minimum Gasteiger partial charge on any atom is -0.242 e. The summed E-state index contributed by atoms with van der Waals surface area (Å²) in [6.07, 6.45) is -4.17. The molecule has 0 aliphatic rings. The van der Waals surface area contributed by atoms with Gasteiger partial charge in [-0.3, -0.25) is 0 Å². The van der Waals surface area contributed by atoms with Crippen LogP contribution in [0.5, 0.6) is 0 Å². The topological polar surface area (TPSA) is 47.0 Å². The van der Waals surface area contributed by atoms with E-state index in [-0.39, 0.29) is 4.21 Å². The fourth-order valence-electron chi connectivity index (χ4n) is 1.29. The molecule has 0 aliphatic heterocycles. The van der Waals surface area contributed by atoms with E-state index in [4.69, 9.17) is 11.6 Å². The fourth-order valence-corrected chi connectivity index (χ4v) is 4.07. The van der Waals surface area contributed by atoms with Crippen LogP contribution in [0.2, 0.25) is 5.02 Å². The van der Waals surface area contributed by atoms with Crippen LogP contribution in [0, 0.1) is 0 Å². The van der Waals surface area contributed by atoms with E-state index in [2.05, 4.69) is 4.98 Å². The Kier molecular flexibility index (Phi) is 3.59. The molecule has 0 fully saturated rings. The SMILES string of the molecule is O=S(=O)(c1cccs1)c1ncc(C(F)(F)F)cc1Cl. The van der Waals surface area contributed by atoms with Crippen molar-refractivity contribution in [2.24, 2.45) is 0 Å². The van der Waals surface area contributed by atoms with Gasteiger partial charge in [0.2, 0.25) is 9.84 Å². The second kappa shape index (κ2) is 4.77. The molecule has 2 heterocycles. The molecule has 2 rings (SSSR count). The van der Waals surface area contributed by atoms with Crippen molar-refractivity contribution < 1.29 is 21.6 Å². The maximum atomic E-state index is 12.4. The normalized spacial score (nSPS) is 12.6. The first-order valence-electron chi connectivity index (χ1n) is 4.74. The molecule has 0 amide bonds. The highest BCUT2D eigenvalue weighted by molar-refractivity contribution is 7.93. The lowest BCUT2D eigenvalue weighted by Crippen LogP contribution is -2.09. The summed E-state index contributed by atoms with van der Waals surface area (Å²) in [5.74, 6) is 0. The van der Waals surface area contributed by atoms with Crippen LogP contribution in [-0.4, -0.2) is 13.4 Å². The summed E-state index contributed by atoms with van der Waals surface area (Å²) < 4.78 is 61.4. The van der Waals surface area contributed by atoms with Crippen molar-refractivity contribution in [2.45, 2.75) is 15.4 Å². The van der Waals surface area contributed by atoms with E-state index in [1.807, 2.05) is 0 Å². The molecule has 0 aromatic carbocycles. The van der Waals surface area contributed by atoms with Crippen molar-refractivity contribution >= 4 is 32.8 Å². The van der Waals surface area contributed by atoms with Crippen LogP contribution < -0.4 is 0 Å². The lowest BCUT2D eigenvalue weighted by atomic mass is 10.3. The van der Waals surface area contributed by atoms with Gasteiger partial charge in [-0.1, -0.05) is 17.7 Å². The quantitative estimate of drug-likeness (QED) is 0.846. The fraction of sp³-hybridized carbons (Fsp3) is 0.100. The van der Waals surface area contributed by atoms with Crippen LogP contribution in [0.3, 0.4) is 0 Å². The van der Waals surface area contributed by atoms with Crippen molar-refractivity contribution in [1.82, 2.24) is 4.98 Å². The summed E-state index contributed by atoms with van der Waals surface area (Å²) in [6, 6.07) is 3.39. The summed E-state index contributed by atoms with van der Waals surface area (Å²) in [4.78, 5) is 3.34. The summed E-state index contributed by atoms with van der Waals surface area (Å²) in [5, 5.41) is 0.401. The molecule has 0 spiro atoms. The maximum absolute atomic E-state index is 12.4. The zero-order valence-corrected chi connectivity index (χ0v) is 11.4. The standard InChI is InChI=1S/C10H5ClF3NO2S2/c11-7-4-6(10(12,13)14)5-15-9(7)19(16,17)8-2-1-3-18-8/h1-5H. The Morgan fingerprint density at radius 3 is 2.47 bits per heavy atom. The van der Waals surface area contributed by atoms with Gasteiger partial charge in [0.25, 0.3) is 0 Å². The molecule has 0 radical (unpaired) electrons. The first-order chi connectivity index (χ1) is 8.73. The molecular weight excluding hydrogens is 323 g/mol. The lowest BCUT2D eigenvalue weighted by Gasteiger charge is -2.08. The first kappa shape index (κ1) is 14.3. The molecule has 2 aromatic rings. The van der Waals surface area contributed by atoms with Gasteiger partial charge in [-0.25, -0.2) is 13.4 Å². The maximum Gasteiger partial charge on any atom is 0.417 e. The average Bonchev–Trinajstić information content (AvgIpc) is 2.81. The third-order valence-corrected chi connectivity index (χ3v) is 5.66. The monoisotopic (exact) mass is 327 g/mol. The third-order valence-electron chi connectivity index (χ3n) is 2.15. The smallest absolute Gasteiger partial charge is 0.242 e. The first-order valence-corrected chi connectivity index (χ1v) is 7.48. The lowest BCUT2D eigenvalue weighted by molar-refractivity contribution is -0.137. The van der Waals surface area contributed by atoms with E-state index in [1.54, 1.807) is 0 Å². The van der Waals surface area contributed by atoms with Gasteiger partial charge in [0.1, 0.15) is 4.21 Å². The molecule has 102 valence electrons. The van der Waals surface area contributed by atoms with Crippen molar-refractivity contribution in [3.05, 3.63) is 40.4 Å². The van der Waals surface area contributed by atoms with Gasteiger partial charge in [-0.05, 0) is 17.5 Å². The summed E-state index contributed by atoms with van der Waals surface area (Å²) in [5.41, 5.74) is -1.09. The van der Waals surface area contributed by atoms with Crippen LogP contribution in [-0.2, 0) is 16.0 Å². The number of thiophene rings is 1. The Morgan fingerprint density at radius 2 is 2.00 bits per heavy atom. The number of hydrogen-bond donors (Lipinski definition) is 0. The molecule has 0 unspecified atom stereocenters. The molecule has 0 aliphatic carbocycles. The third kappa shape index (κ3) is 2.75. The molecule has 2 aromatic heterocycles. The number of pyridine rings is 1. The zero-order chi connectivity index (χ0) is 14.3. The van der Waals surface area contributed by atoms with Gasteiger partial charge in [-0.15, -0.1) is 11.3 Å². The highest BCUT2D eigenvalue weighted by Gasteiger charge is 2.33. The minimum atomic E-state index is -4.62. The average molecular weight is 328 g/mol. The molecule has 0 atom stereocenters. The molecular formula is C10H5ClF3NO2S2. The molecule has 0 bridgehead atoms. The zero-order valence-electron chi connectivity index (χ0n) is 8.98. The van der Waals surface area contributed by atoms with Crippen LogP contribution in [0.1, 0.15) is 5.56 Å². The second-order valence-electron chi connectivity index (χ2n) is 3.44. The highest BCUT2D eigenvalue weighted by atomic mass is 35.5. The number of alkyl halides is 3. The summed E-state index contributed by atoms with van der Waals surface area (Å²) in [6.45, 7) is 0. The number of sulfone groups is 1. The Morgan fingerprint density at radius 1 is 1.32 bits per heavy atom. The van der Waals surface area contributed by atoms with Gasteiger partial charge in [-0.2, -0.15) is 13.2 Å². The summed E-state index contributed by atoms with van der Waals surface area (Å²) in [7, 11) is -3.98.